The molecule has 0 aliphatic rings. The first-order chi connectivity index (χ1) is 10.3. The normalized spacial score (nSPS) is 11.3. The number of nitro groups is 1. The molecule has 0 atom stereocenters. The Morgan fingerprint density at radius 3 is 2.55 bits per heavy atom. The zero-order chi connectivity index (χ0) is 16.3. The van der Waals surface area contributed by atoms with Gasteiger partial charge in [-0.25, -0.2) is 13.1 Å². The van der Waals surface area contributed by atoms with Gasteiger partial charge in [0, 0.05) is 18.3 Å². The first-order valence-electron chi connectivity index (χ1n) is 6.39. The molecule has 0 radical (unpaired) electrons. The fourth-order valence-electron chi connectivity index (χ4n) is 2.09. The van der Waals surface area contributed by atoms with E-state index >= 15 is 0 Å². The second-order valence-electron chi connectivity index (χ2n) is 4.80. The molecule has 0 spiro atoms. The number of anilines is 1. The summed E-state index contributed by atoms with van der Waals surface area (Å²) in [6.45, 7) is 1.84. The Morgan fingerprint density at radius 2 is 1.91 bits per heavy atom. The van der Waals surface area contributed by atoms with Gasteiger partial charge in [0.2, 0.25) is 10.0 Å². The van der Waals surface area contributed by atoms with Crippen LogP contribution in [0.2, 0.25) is 0 Å². The summed E-state index contributed by atoms with van der Waals surface area (Å²) in [4.78, 5) is 9.85. The SMILES string of the molecule is Cc1cc(N)cc(CNS(=O)(=O)c2ccccc2[N+](=O)[O-])c1. The number of nitrogen functional groups attached to an aromatic ring is 1. The summed E-state index contributed by atoms with van der Waals surface area (Å²) in [5.74, 6) is 0. The van der Waals surface area contributed by atoms with Crippen LogP contribution in [0.15, 0.2) is 47.4 Å². The van der Waals surface area contributed by atoms with E-state index in [0.29, 0.717) is 11.3 Å². The monoisotopic (exact) mass is 321 g/mol. The van der Waals surface area contributed by atoms with Crippen molar-refractivity contribution in [1.29, 1.82) is 0 Å². The van der Waals surface area contributed by atoms with Crippen molar-refractivity contribution in [2.24, 2.45) is 0 Å². The van der Waals surface area contributed by atoms with Crippen molar-refractivity contribution in [3.63, 3.8) is 0 Å². The number of para-hydroxylation sites is 1. The number of aryl methyl sites for hydroxylation is 1. The van der Waals surface area contributed by atoms with E-state index in [1.807, 2.05) is 6.92 Å². The molecule has 2 aromatic rings. The summed E-state index contributed by atoms with van der Waals surface area (Å²) in [6.07, 6.45) is 0. The highest BCUT2D eigenvalue weighted by molar-refractivity contribution is 7.89. The molecule has 8 heteroatoms. The molecule has 2 rings (SSSR count). The summed E-state index contributed by atoms with van der Waals surface area (Å²) >= 11 is 0. The highest BCUT2D eigenvalue weighted by Gasteiger charge is 2.24. The van der Waals surface area contributed by atoms with Crippen LogP contribution in [0.3, 0.4) is 0 Å². The van der Waals surface area contributed by atoms with Gasteiger partial charge < -0.3 is 5.73 Å². The van der Waals surface area contributed by atoms with E-state index in [9.17, 15) is 18.5 Å². The maximum atomic E-state index is 12.3. The van der Waals surface area contributed by atoms with Gasteiger partial charge >= 0.3 is 0 Å². The minimum Gasteiger partial charge on any atom is -0.399 e. The van der Waals surface area contributed by atoms with Crippen molar-refractivity contribution < 1.29 is 13.3 Å². The minimum atomic E-state index is -3.99. The predicted octanol–water partition coefficient (Wildman–Crippen LogP) is 1.96. The van der Waals surface area contributed by atoms with E-state index in [1.54, 1.807) is 18.2 Å². The Bertz CT molecular complexity index is 798. The first-order valence-corrected chi connectivity index (χ1v) is 7.87. The molecule has 0 aromatic heterocycles. The number of sulfonamides is 1. The van der Waals surface area contributed by atoms with Gasteiger partial charge in [-0.15, -0.1) is 0 Å². The second-order valence-corrected chi connectivity index (χ2v) is 6.54. The van der Waals surface area contributed by atoms with Gasteiger partial charge in [0.25, 0.3) is 5.69 Å². The van der Waals surface area contributed by atoms with Crippen molar-refractivity contribution in [2.75, 3.05) is 5.73 Å². The number of hydrogen-bond donors (Lipinski definition) is 2. The molecule has 0 unspecified atom stereocenters. The predicted molar refractivity (Wildman–Crippen MR) is 82.7 cm³/mol. The van der Waals surface area contributed by atoms with Crippen LogP contribution >= 0.6 is 0 Å². The van der Waals surface area contributed by atoms with Crippen molar-refractivity contribution in [2.45, 2.75) is 18.4 Å². The lowest BCUT2D eigenvalue weighted by atomic mass is 10.1. The quantitative estimate of drug-likeness (QED) is 0.496. The summed E-state index contributed by atoms with van der Waals surface area (Å²) in [5.41, 5.74) is 7.36. The van der Waals surface area contributed by atoms with Crippen LogP contribution in [0, 0.1) is 17.0 Å². The second kappa shape index (κ2) is 6.12. The third-order valence-corrected chi connectivity index (χ3v) is 4.43. The van der Waals surface area contributed by atoms with E-state index < -0.39 is 20.6 Å². The lowest BCUT2D eigenvalue weighted by molar-refractivity contribution is -0.387. The largest absolute Gasteiger partial charge is 0.399 e. The average molecular weight is 321 g/mol. The zero-order valence-electron chi connectivity index (χ0n) is 11.8. The molecule has 3 N–H and O–H groups in total. The van der Waals surface area contributed by atoms with Gasteiger partial charge in [0.15, 0.2) is 4.90 Å². The molecule has 0 amide bonds. The molecular weight excluding hydrogens is 306 g/mol. The van der Waals surface area contributed by atoms with Crippen molar-refractivity contribution in [3.05, 3.63) is 63.7 Å². The van der Waals surface area contributed by atoms with E-state index in [2.05, 4.69) is 4.72 Å². The summed E-state index contributed by atoms with van der Waals surface area (Å²) < 4.78 is 26.9. The van der Waals surface area contributed by atoms with Gasteiger partial charge in [-0.1, -0.05) is 18.2 Å². The summed E-state index contributed by atoms with van der Waals surface area (Å²) in [6, 6.07) is 10.4. The Morgan fingerprint density at radius 1 is 1.23 bits per heavy atom. The molecule has 0 fully saturated rings. The van der Waals surface area contributed by atoms with Crippen LogP contribution in [0.4, 0.5) is 11.4 Å². The lowest BCUT2D eigenvalue weighted by Gasteiger charge is -2.08. The van der Waals surface area contributed by atoms with E-state index in [4.69, 9.17) is 5.73 Å². The number of nitrogens with two attached hydrogens (primary N) is 1. The molecule has 7 nitrogen and oxygen atoms in total. The maximum absolute atomic E-state index is 12.3. The molecule has 0 bridgehead atoms. The number of benzene rings is 2. The molecular formula is C14H15N3O4S. The third-order valence-electron chi connectivity index (χ3n) is 2.98. The van der Waals surface area contributed by atoms with Crippen LogP contribution < -0.4 is 10.5 Å². The van der Waals surface area contributed by atoms with Crippen molar-refractivity contribution >= 4 is 21.4 Å². The van der Waals surface area contributed by atoms with E-state index in [1.165, 1.54) is 18.2 Å². The van der Waals surface area contributed by atoms with E-state index in [-0.39, 0.29) is 11.4 Å². The molecule has 0 saturated carbocycles. The molecule has 0 saturated heterocycles. The lowest BCUT2D eigenvalue weighted by Crippen LogP contribution is -2.24. The standard InChI is InChI=1S/C14H15N3O4S/c1-10-6-11(8-12(15)7-10)9-16-22(20,21)14-5-3-2-4-13(14)17(18)19/h2-8,16H,9,15H2,1H3. The van der Waals surface area contributed by atoms with Gasteiger partial charge in [0.1, 0.15) is 0 Å². The Kier molecular flexibility index (Phi) is 4.43. The van der Waals surface area contributed by atoms with Gasteiger partial charge in [-0.05, 0) is 36.2 Å². The number of nitrogens with zero attached hydrogens (tertiary/aromatic N) is 1. The van der Waals surface area contributed by atoms with Crippen molar-refractivity contribution in [3.8, 4) is 0 Å². The average Bonchev–Trinajstić information content (AvgIpc) is 2.44. The molecule has 0 heterocycles. The highest BCUT2D eigenvalue weighted by Crippen LogP contribution is 2.23. The topological polar surface area (TPSA) is 115 Å². The Balaban J connectivity index is 2.27. The molecule has 22 heavy (non-hydrogen) atoms. The highest BCUT2D eigenvalue weighted by atomic mass is 32.2. The first kappa shape index (κ1) is 15.9. The third kappa shape index (κ3) is 3.60. The van der Waals surface area contributed by atoms with Crippen LogP contribution in [0.5, 0.6) is 0 Å². The molecule has 0 aliphatic heterocycles. The number of nitro benzene ring substituents is 1. The molecule has 116 valence electrons. The van der Waals surface area contributed by atoms with Crippen LogP contribution in [0.1, 0.15) is 11.1 Å². The maximum Gasteiger partial charge on any atom is 0.289 e. The molecule has 0 aliphatic carbocycles. The van der Waals surface area contributed by atoms with Crippen LogP contribution in [-0.2, 0) is 16.6 Å². The number of nitrogens with one attached hydrogen (secondary N) is 1. The summed E-state index contributed by atoms with van der Waals surface area (Å²) in [5, 5.41) is 10.9. The van der Waals surface area contributed by atoms with E-state index in [0.717, 1.165) is 11.6 Å². The fourth-order valence-corrected chi connectivity index (χ4v) is 3.28. The molecule has 2 aromatic carbocycles. The summed E-state index contributed by atoms with van der Waals surface area (Å²) in [7, 11) is -3.99. The zero-order valence-corrected chi connectivity index (χ0v) is 12.6. The van der Waals surface area contributed by atoms with Gasteiger partial charge in [0.05, 0.1) is 4.92 Å². The Hall–Kier alpha value is -2.45. The smallest absolute Gasteiger partial charge is 0.289 e. The van der Waals surface area contributed by atoms with Gasteiger partial charge in [-0.3, -0.25) is 10.1 Å². The fraction of sp³-hybridized carbons (Fsp3) is 0.143. The number of hydrogen-bond acceptors (Lipinski definition) is 5. The van der Waals surface area contributed by atoms with Crippen LogP contribution in [0.25, 0.3) is 0 Å². The number of rotatable bonds is 5. The van der Waals surface area contributed by atoms with Crippen molar-refractivity contribution in [1.82, 2.24) is 4.72 Å². The minimum absolute atomic E-state index is 0.000260. The Labute approximate surface area is 128 Å². The van der Waals surface area contributed by atoms with Gasteiger partial charge in [-0.2, -0.15) is 0 Å². The van der Waals surface area contributed by atoms with Crippen LogP contribution in [-0.4, -0.2) is 13.3 Å².